The lowest BCUT2D eigenvalue weighted by atomic mass is 10.1. The molecule has 4 rings (SSSR count). The summed E-state index contributed by atoms with van der Waals surface area (Å²) < 4.78 is 44.9. The summed E-state index contributed by atoms with van der Waals surface area (Å²) in [6, 6.07) is 7.49. The van der Waals surface area contributed by atoms with Crippen molar-refractivity contribution < 1.29 is 27.5 Å². The van der Waals surface area contributed by atoms with Crippen molar-refractivity contribution in [2.45, 2.75) is 6.18 Å². The number of carbonyl (C=O) groups excluding carboxylic acids is 2. The van der Waals surface area contributed by atoms with Crippen LogP contribution < -0.4 is 21.3 Å². The minimum absolute atomic E-state index is 0.0323. The standard InChI is InChI=1S/C19H10ClF3N4O4/c20-10-5-8(19(21,22)23)7-25-18(10)31-12-4-2-1-3-11(12)27-13(28)6-9-14(15(27)24)17(30)26-16(9)29/h1-7H,24H2,(H,26,29,30). The van der Waals surface area contributed by atoms with Gasteiger partial charge in [0.25, 0.3) is 17.4 Å². The Hall–Kier alpha value is -3.86. The molecule has 0 atom stereocenters. The van der Waals surface area contributed by atoms with Crippen molar-refractivity contribution >= 4 is 29.2 Å². The lowest BCUT2D eigenvalue weighted by Gasteiger charge is -2.16. The number of pyridine rings is 2. The van der Waals surface area contributed by atoms with E-state index in [4.69, 9.17) is 22.1 Å². The number of halogens is 4. The Kier molecular flexibility index (Phi) is 4.69. The first-order chi connectivity index (χ1) is 14.6. The highest BCUT2D eigenvalue weighted by Gasteiger charge is 2.33. The highest BCUT2D eigenvalue weighted by molar-refractivity contribution is 6.31. The molecule has 8 nitrogen and oxygen atoms in total. The first kappa shape index (κ1) is 20.4. The Morgan fingerprint density at radius 1 is 1.10 bits per heavy atom. The first-order valence-corrected chi connectivity index (χ1v) is 8.87. The fourth-order valence-electron chi connectivity index (χ4n) is 3.02. The van der Waals surface area contributed by atoms with Gasteiger partial charge in [0.2, 0.25) is 5.88 Å². The van der Waals surface area contributed by atoms with Crippen LogP contribution in [0.4, 0.5) is 19.0 Å². The second-order valence-electron chi connectivity index (χ2n) is 6.35. The molecule has 2 aromatic heterocycles. The smallest absolute Gasteiger partial charge is 0.417 e. The maximum atomic E-state index is 12.8. The van der Waals surface area contributed by atoms with E-state index in [0.717, 1.165) is 10.6 Å². The molecule has 2 amide bonds. The van der Waals surface area contributed by atoms with E-state index in [0.29, 0.717) is 12.3 Å². The number of hydrogen-bond acceptors (Lipinski definition) is 6. The molecule has 0 saturated heterocycles. The molecule has 31 heavy (non-hydrogen) atoms. The summed E-state index contributed by atoms with van der Waals surface area (Å²) in [6.45, 7) is 0. The van der Waals surface area contributed by atoms with E-state index in [1.165, 1.54) is 24.3 Å². The molecule has 3 aromatic rings. The number of anilines is 1. The Bertz CT molecular complexity index is 1320. The normalized spacial score (nSPS) is 13.2. The molecule has 3 heterocycles. The number of benzene rings is 1. The Labute approximate surface area is 176 Å². The zero-order chi connectivity index (χ0) is 22.5. The van der Waals surface area contributed by atoms with Crippen LogP contribution in [0, 0.1) is 0 Å². The van der Waals surface area contributed by atoms with Crippen LogP contribution in [0.2, 0.25) is 5.02 Å². The Morgan fingerprint density at radius 2 is 1.81 bits per heavy atom. The lowest BCUT2D eigenvalue weighted by Crippen LogP contribution is -2.24. The number of fused-ring (bicyclic) bond motifs is 1. The van der Waals surface area contributed by atoms with Crippen LogP contribution in [-0.2, 0) is 6.18 Å². The molecule has 1 aliphatic rings. The predicted molar refractivity (Wildman–Crippen MR) is 103 cm³/mol. The van der Waals surface area contributed by atoms with Gasteiger partial charge in [-0.1, -0.05) is 23.7 Å². The SMILES string of the molecule is Nc1c2c(cc(=O)n1-c1ccccc1Oc1ncc(C(F)(F)F)cc1Cl)C(=O)NC2=O. The van der Waals surface area contributed by atoms with E-state index in [1.54, 1.807) is 0 Å². The molecule has 0 saturated carbocycles. The van der Waals surface area contributed by atoms with Crippen LogP contribution >= 0.6 is 11.6 Å². The number of nitrogens with one attached hydrogen (secondary N) is 1. The molecule has 0 fully saturated rings. The molecule has 158 valence electrons. The monoisotopic (exact) mass is 450 g/mol. The highest BCUT2D eigenvalue weighted by Crippen LogP contribution is 2.36. The predicted octanol–water partition coefficient (Wildman–Crippen LogP) is 3.16. The van der Waals surface area contributed by atoms with E-state index in [1.807, 2.05) is 5.32 Å². The summed E-state index contributed by atoms with van der Waals surface area (Å²) in [5, 5.41) is 1.63. The molecule has 0 bridgehead atoms. The van der Waals surface area contributed by atoms with E-state index >= 15 is 0 Å². The van der Waals surface area contributed by atoms with Crippen molar-refractivity contribution in [1.29, 1.82) is 0 Å². The van der Waals surface area contributed by atoms with Crippen LogP contribution in [0.15, 0.2) is 47.4 Å². The number of nitrogens with two attached hydrogens (primary N) is 1. The zero-order valence-corrected chi connectivity index (χ0v) is 15.9. The van der Waals surface area contributed by atoms with Gasteiger partial charge in [0.05, 0.1) is 22.4 Å². The topological polar surface area (TPSA) is 116 Å². The average Bonchev–Trinajstić information content (AvgIpc) is 2.97. The van der Waals surface area contributed by atoms with Gasteiger partial charge in [-0.2, -0.15) is 13.2 Å². The summed E-state index contributed by atoms with van der Waals surface area (Å²) in [4.78, 5) is 40.1. The molecule has 0 radical (unpaired) electrons. The molecule has 12 heteroatoms. The van der Waals surface area contributed by atoms with Gasteiger partial charge in [-0.3, -0.25) is 24.3 Å². The first-order valence-electron chi connectivity index (χ1n) is 8.49. The summed E-state index contributed by atoms with van der Waals surface area (Å²) in [5.74, 6) is -2.20. The highest BCUT2D eigenvalue weighted by atomic mass is 35.5. The number of para-hydroxylation sites is 2. The number of imide groups is 1. The summed E-state index contributed by atoms with van der Waals surface area (Å²) >= 11 is 5.89. The molecular formula is C19H10ClF3N4O4. The molecule has 1 aliphatic heterocycles. The van der Waals surface area contributed by atoms with Gasteiger partial charge in [-0.05, 0) is 18.2 Å². The molecule has 0 spiro atoms. The summed E-state index contributed by atoms with van der Waals surface area (Å²) in [7, 11) is 0. The third-order valence-electron chi connectivity index (χ3n) is 4.40. The van der Waals surface area contributed by atoms with E-state index < -0.39 is 34.1 Å². The number of hydrogen-bond donors (Lipinski definition) is 2. The summed E-state index contributed by atoms with van der Waals surface area (Å²) in [6.07, 6.45) is -4.09. The van der Waals surface area contributed by atoms with Gasteiger partial charge in [-0.25, -0.2) is 4.98 Å². The number of nitrogen functional groups attached to an aromatic ring is 1. The van der Waals surface area contributed by atoms with Crippen LogP contribution in [0.3, 0.4) is 0 Å². The second kappa shape index (κ2) is 7.13. The van der Waals surface area contributed by atoms with Crippen LogP contribution in [0.25, 0.3) is 5.69 Å². The number of ether oxygens (including phenoxy) is 1. The van der Waals surface area contributed by atoms with Gasteiger partial charge in [0, 0.05) is 12.3 Å². The number of rotatable bonds is 3. The van der Waals surface area contributed by atoms with Gasteiger partial charge < -0.3 is 10.5 Å². The Balaban J connectivity index is 1.82. The minimum atomic E-state index is -4.64. The number of nitrogens with zero attached hydrogens (tertiary/aromatic N) is 2. The van der Waals surface area contributed by atoms with Gasteiger partial charge in [0.15, 0.2) is 5.75 Å². The van der Waals surface area contributed by atoms with E-state index in [-0.39, 0.29) is 34.3 Å². The lowest BCUT2D eigenvalue weighted by molar-refractivity contribution is -0.137. The molecule has 0 aliphatic carbocycles. The average molecular weight is 451 g/mol. The van der Waals surface area contributed by atoms with E-state index in [9.17, 15) is 27.6 Å². The van der Waals surface area contributed by atoms with Crippen molar-refractivity contribution in [2.24, 2.45) is 0 Å². The number of alkyl halides is 3. The van der Waals surface area contributed by atoms with Crippen LogP contribution in [-0.4, -0.2) is 21.4 Å². The van der Waals surface area contributed by atoms with Crippen molar-refractivity contribution in [2.75, 3.05) is 5.73 Å². The van der Waals surface area contributed by atoms with Crippen molar-refractivity contribution in [1.82, 2.24) is 14.9 Å². The maximum absolute atomic E-state index is 12.8. The molecular weight excluding hydrogens is 441 g/mol. The van der Waals surface area contributed by atoms with Gasteiger partial charge in [0.1, 0.15) is 10.8 Å². The quantitative estimate of drug-likeness (QED) is 0.592. The van der Waals surface area contributed by atoms with Gasteiger partial charge >= 0.3 is 6.18 Å². The third-order valence-corrected chi connectivity index (χ3v) is 4.67. The molecule has 3 N–H and O–H groups in total. The second-order valence-corrected chi connectivity index (χ2v) is 6.76. The number of carbonyl (C=O) groups is 2. The van der Waals surface area contributed by atoms with Crippen molar-refractivity contribution in [3.05, 3.63) is 74.7 Å². The maximum Gasteiger partial charge on any atom is 0.417 e. The van der Waals surface area contributed by atoms with E-state index in [2.05, 4.69) is 4.98 Å². The van der Waals surface area contributed by atoms with Crippen LogP contribution in [0.5, 0.6) is 11.6 Å². The van der Waals surface area contributed by atoms with Gasteiger partial charge in [-0.15, -0.1) is 0 Å². The number of aromatic nitrogens is 2. The minimum Gasteiger partial charge on any atom is -0.435 e. The molecule has 0 unspecified atom stereocenters. The zero-order valence-electron chi connectivity index (χ0n) is 15.2. The molecule has 1 aromatic carbocycles. The van der Waals surface area contributed by atoms with Crippen molar-refractivity contribution in [3.63, 3.8) is 0 Å². The van der Waals surface area contributed by atoms with Crippen LogP contribution in [0.1, 0.15) is 26.3 Å². The van der Waals surface area contributed by atoms with Crippen molar-refractivity contribution in [3.8, 4) is 17.3 Å². The summed E-state index contributed by atoms with van der Waals surface area (Å²) in [5.41, 5.74) is 3.93. The third kappa shape index (κ3) is 3.48. The number of amides is 2. The Morgan fingerprint density at radius 3 is 2.48 bits per heavy atom. The largest absolute Gasteiger partial charge is 0.435 e. The fraction of sp³-hybridized carbons (Fsp3) is 0.0526. The fourth-order valence-corrected chi connectivity index (χ4v) is 3.22.